The zero-order chi connectivity index (χ0) is 12.4. The summed E-state index contributed by atoms with van der Waals surface area (Å²) in [5, 5.41) is 0.996. The standard InChI is InChI=1S/C11H7BrCl2N2O/c12-8-4-7(15)5-16-11(8)17-10-3-6(13)1-2-9(10)14/h1-5H,15H2. The number of rotatable bonds is 2. The molecule has 0 bridgehead atoms. The molecule has 3 nitrogen and oxygen atoms in total. The maximum absolute atomic E-state index is 5.98. The molecule has 1 aromatic carbocycles. The summed E-state index contributed by atoms with van der Waals surface area (Å²) in [6.07, 6.45) is 1.50. The van der Waals surface area contributed by atoms with E-state index in [0.717, 1.165) is 0 Å². The van der Waals surface area contributed by atoms with Gasteiger partial charge in [0.05, 0.1) is 21.4 Å². The lowest BCUT2D eigenvalue weighted by molar-refractivity contribution is 0.460. The number of hydrogen-bond donors (Lipinski definition) is 1. The molecule has 2 N–H and O–H groups in total. The van der Waals surface area contributed by atoms with Crippen LogP contribution in [0, 0.1) is 0 Å². The van der Waals surface area contributed by atoms with Crippen LogP contribution in [0.3, 0.4) is 0 Å². The van der Waals surface area contributed by atoms with Gasteiger partial charge < -0.3 is 10.5 Å². The second kappa shape index (κ2) is 5.12. The van der Waals surface area contributed by atoms with Gasteiger partial charge in [0.2, 0.25) is 5.88 Å². The van der Waals surface area contributed by atoms with Crippen molar-refractivity contribution in [3.8, 4) is 11.6 Å². The second-order valence-electron chi connectivity index (χ2n) is 3.23. The highest BCUT2D eigenvalue weighted by molar-refractivity contribution is 9.10. The van der Waals surface area contributed by atoms with E-state index in [1.807, 2.05) is 0 Å². The minimum Gasteiger partial charge on any atom is -0.436 e. The van der Waals surface area contributed by atoms with Gasteiger partial charge in [-0.15, -0.1) is 0 Å². The van der Waals surface area contributed by atoms with Crippen LogP contribution in [0.2, 0.25) is 10.0 Å². The van der Waals surface area contributed by atoms with Gasteiger partial charge in [0.15, 0.2) is 0 Å². The highest BCUT2D eigenvalue weighted by Crippen LogP contribution is 2.34. The van der Waals surface area contributed by atoms with E-state index in [0.29, 0.717) is 31.8 Å². The molecular weight excluding hydrogens is 327 g/mol. The van der Waals surface area contributed by atoms with Crippen LogP contribution in [0.5, 0.6) is 11.6 Å². The molecule has 0 aliphatic rings. The van der Waals surface area contributed by atoms with Crippen LogP contribution in [0.4, 0.5) is 5.69 Å². The molecular formula is C11H7BrCl2N2O. The molecule has 1 heterocycles. The number of nitrogens with two attached hydrogens (primary N) is 1. The average molecular weight is 334 g/mol. The van der Waals surface area contributed by atoms with E-state index in [4.69, 9.17) is 33.7 Å². The van der Waals surface area contributed by atoms with Gasteiger partial charge in [-0.05, 0) is 34.1 Å². The van der Waals surface area contributed by atoms with E-state index in [9.17, 15) is 0 Å². The number of hydrogen-bond acceptors (Lipinski definition) is 3. The Hall–Kier alpha value is -0.970. The van der Waals surface area contributed by atoms with Crippen LogP contribution < -0.4 is 10.5 Å². The highest BCUT2D eigenvalue weighted by atomic mass is 79.9. The molecule has 0 spiro atoms. The summed E-state index contributed by atoms with van der Waals surface area (Å²) < 4.78 is 6.19. The van der Waals surface area contributed by atoms with E-state index in [-0.39, 0.29) is 0 Å². The Morgan fingerprint density at radius 2 is 2.00 bits per heavy atom. The topological polar surface area (TPSA) is 48.1 Å². The Morgan fingerprint density at radius 3 is 2.71 bits per heavy atom. The minimum absolute atomic E-state index is 0.378. The van der Waals surface area contributed by atoms with Crippen molar-refractivity contribution < 1.29 is 4.74 Å². The van der Waals surface area contributed by atoms with Crippen molar-refractivity contribution in [2.75, 3.05) is 5.73 Å². The maximum Gasteiger partial charge on any atom is 0.233 e. The molecule has 0 aliphatic carbocycles. The van der Waals surface area contributed by atoms with Gasteiger partial charge in [0.1, 0.15) is 5.75 Å². The number of halogens is 3. The number of anilines is 1. The zero-order valence-electron chi connectivity index (χ0n) is 8.45. The monoisotopic (exact) mass is 332 g/mol. The first-order valence-electron chi connectivity index (χ1n) is 4.60. The van der Waals surface area contributed by atoms with E-state index < -0.39 is 0 Å². The molecule has 0 radical (unpaired) electrons. The van der Waals surface area contributed by atoms with Crippen molar-refractivity contribution in [3.05, 3.63) is 45.0 Å². The largest absolute Gasteiger partial charge is 0.436 e. The first-order valence-corrected chi connectivity index (χ1v) is 6.15. The van der Waals surface area contributed by atoms with Gasteiger partial charge in [0, 0.05) is 11.1 Å². The normalized spacial score (nSPS) is 10.3. The van der Waals surface area contributed by atoms with Gasteiger partial charge in [-0.3, -0.25) is 0 Å². The van der Waals surface area contributed by atoms with Crippen LogP contribution in [0.1, 0.15) is 0 Å². The Kier molecular flexibility index (Phi) is 3.76. The third-order valence-electron chi connectivity index (χ3n) is 1.93. The zero-order valence-corrected chi connectivity index (χ0v) is 11.6. The molecule has 0 atom stereocenters. The molecule has 1 aromatic heterocycles. The van der Waals surface area contributed by atoms with E-state index in [1.165, 1.54) is 6.20 Å². The summed E-state index contributed by atoms with van der Waals surface area (Å²) >= 11 is 15.1. The Morgan fingerprint density at radius 1 is 1.24 bits per heavy atom. The van der Waals surface area contributed by atoms with Gasteiger partial charge in [-0.25, -0.2) is 4.98 Å². The lowest BCUT2D eigenvalue weighted by Gasteiger charge is -2.08. The van der Waals surface area contributed by atoms with Crippen molar-refractivity contribution >= 4 is 44.8 Å². The van der Waals surface area contributed by atoms with Crippen LogP contribution in [-0.4, -0.2) is 4.98 Å². The summed E-state index contributed by atoms with van der Waals surface area (Å²) in [7, 11) is 0. The van der Waals surface area contributed by atoms with Crippen LogP contribution in [0.25, 0.3) is 0 Å². The SMILES string of the molecule is Nc1cnc(Oc2cc(Cl)ccc2Cl)c(Br)c1. The summed E-state index contributed by atoms with van der Waals surface area (Å²) in [6.45, 7) is 0. The minimum atomic E-state index is 0.378. The third kappa shape index (κ3) is 3.03. The van der Waals surface area contributed by atoms with E-state index in [2.05, 4.69) is 20.9 Å². The van der Waals surface area contributed by atoms with Crippen molar-refractivity contribution in [2.24, 2.45) is 0 Å². The van der Waals surface area contributed by atoms with Crippen LogP contribution >= 0.6 is 39.1 Å². The van der Waals surface area contributed by atoms with Crippen molar-refractivity contribution in [2.45, 2.75) is 0 Å². The predicted molar refractivity (Wildman–Crippen MR) is 72.9 cm³/mol. The fraction of sp³-hybridized carbons (Fsp3) is 0. The second-order valence-corrected chi connectivity index (χ2v) is 4.93. The molecule has 0 fully saturated rings. The van der Waals surface area contributed by atoms with Gasteiger partial charge in [0.25, 0.3) is 0 Å². The van der Waals surface area contributed by atoms with E-state index in [1.54, 1.807) is 24.3 Å². The highest BCUT2D eigenvalue weighted by Gasteiger charge is 2.08. The number of ether oxygens (including phenoxy) is 1. The quantitative estimate of drug-likeness (QED) is 0.878. The third-order valence-corrected chi connectivity index (χ3v) is 3.04. The molecule has 88 valence electrons. The molecule has 17 heavy (non-hydrogen) atoms. The number of pyridine rings is 1. The van der Waals surface area contributed by atoms with Gasteiger partial charge in [-0.1, -0.05) is 23.2 Å². The number of nitrogens with zero attached hydrogens (tertiary/aromatic N) is 1. The van der Waals surface area contributed by atoms with Crippen LogP contribution in [0.15, 0.2) is 34.9 Å². The molecule has 2 aromatic rings. The molecule has 2 rings (SSSR count). The Labute approximate surface area is 117 Å². The van der Waals surface area contributed by atoms with Crippen LogP contribution in [-0.2, 0) is 0 Å². The summed E-state index contributed by atoms with van der Waals surface area (Å²) in [5.41, 5.74) is 6.12. The molecule has 0 amide bonds. The Balaban J connectivity index is 2.34. The fourth-order valence-corrected chi connectivity index (χ4v) is 1.94. The average Bonchev–Trinajstić information content (AvgIpc) is 2.27. The Bertz CT molecular complexity index is 563. The molecule has 0 saturated heterocycles. The smallest absolute Gasteiger partial charge is 0.233 e. The predicted octanol–water partition coefficient (Wildman–Crippen LogP) is 4.53. The number of aromatic nitrogens is 1. The molecule has 6 heteroatoms. The first kappa shape index (κ1) is 12.5. The first-order chi connectivity index (χ1) is 8.06. The van der Waals surface area contributed by atoms with Crippen molar-refractivity contribution in [1.29, 1.82) is 0 Å². The van der Waals surface area contributed by atoms with Gasteiger partial charge >= 0.3 is 0 Å². The fourth-order valence-electron chi connectivity index (χ4n) is 1.17. The van der Waals surface area contributed by atoms with Crippen molar-refractivity contribution in [3.63, 3.8) is 0 Å². The van der Waals surface area contributed by atoms with Gasteiger partial charge in [-0.2, -0.15) is 0 Å². The molecule has 0 unspecified atom stereocenters. The number of nitrogen functional groups attached to an aromatic ring is 1. The lowest BCUT2D eigenvalue weighted by atomic mass is 10.3. The van der Waals surface area contributed by atoms with Crippen molar-refractivity contribution in [1.82, 2.24) is 4.98 Å². The van der Waals surface area contributed by atoms with E-state index >= 15 is 0 Å². The lowest BCUT2D eigenvalue weighted by Crippen LogP contribution is -1.92. The summed E-state index contributed by atoms with van der Waals surface area (Å²) in [4.78, 5) is 4.05. The summed E-state index contributed by atoms with van der Waals surface area (Å²) in [6, 6.07) is 6.65. The summed E-state index contributed by atoms with van der Waals surface area (Å²) in [5.74, 6) is 0.820. The molecule has 0 saturated carbocycles. The molecule has 0 aliphatic heterocycles. The maximum atomic E-state index is 5.98. The number of benzene rings is 1.